The highest BCUT2D eigenvalue weighted by Gasteiger charge is 2.20. The molecule has 1 fully saturated rings. The second-order valence-corrected chi connectivity index (χ2v) is 2.17. The number of rotatable bonds is 2. The first kappa shape index (κ1) is 6.42. The first-order chi connectivity index (χ1) is 4.34. The Kier molecular flexibility index (Phi) is 1.95. The van der Waals surface area contributed by atoms with E-state index in [4.69, 9.17) is 0 Å². The summed E-state index contributed by atoms with van der Waals surface area (Å²) in [6.45, 7) is 0.865. The summed E-state index contributed by atoms with van der Waals surface area (Å²) in [5.41, 5.74) is 0. The van der Waals surface area contributed by atoms with Crippen LogP contribution in [0.2, 0.25) is 0 Å². The average molecular weight is 127 g/mol. The van der Waals surface area contributed by atoms with Crippen LogP contribution in [0.15, 0.2) is 0 Å². The van der Waals surface area contributed by atoms with Gasteiger partial charge in [0.05, 0.1) is 6.04 Å². The summed E-state index contributed by atoms with van der Waals surface area (Å²) in [6.07, 6.45) is 2.21. The van der Waals surface area contributed by atoms with Crippen LogP contribution in [0.4, 0.5) is 0 Å². The lowest BCUT2D eigenvalue weighted by Crippen LogP contribution is -2.31. The van der Waals surface area contributed by atoms with Gasteiger partial charge in [0.15, 0.2) is 6.29 Å². The third kappa shape index (κ3) is 1.36. The number of hydrogen-bond donors (Lipinski definition) is 1. The lowest BCUT2D eigenvalue weighted by molar-refractivity contribution is -0.131. The second-order valence-electron chi connectivity index (χ2n) is 2.17. The first-order valence-corrected chi connectivity index (χ1v) is 3.07. The summed E-state index contributed by atoms with van der Waals surface area (Å²) >= 11 is 0. The molecule has 3 heteroatoms. The molecule has 0 amide bonds. The standard InChI is InChI=1S/C6H9NO2/c8-4-6(9)5-2-1-3-7-5/h4-5,7H,1-3H2. The van der Waals surface area contributed by atoms with Gasteiger partial charge in [0.25, 0.3) is 0 Å². The topological polar surface area (TPSA) is 46.2 Å². The van der Waals surface area contributed by atoms with Crippen molar-refractivity contribution in [2.45, 2.75) is 18.9 Å². The Balaban J connectivity index is 2.41. The molecule has 0 aromatic carbocycles. The lowest BCUT2D eigenvalue weighted by atomic mass is 10.1. The second kappa shape index (κ2) is 2.73. The molecule has 0 aromatic rings. The zero-order valence-corrected chi connectivity index (χ0v) is 5.09. The normalized spacial score (nSPS) is 26.0. The molecule has 1 heterocycles. The Labute approximate surface area is 53.4 Å². The highest BCUT2D eigenvalue weighted by molar-refractivity contribution is 6.27. The Bertz CT molecular complexity index is 127. The molecule has 0 aliphatic carbocycles. The van der Waals surface area contributed by atoms with Crippen molar-refractivity contribution in [3.63, 3.8) is 0 Å². The van der Waals surface area contributed by atoms with Crippen LogP contribution in [-0.4, -0.2) is 24.7 Å². The Hall–Kier alpha value is -0.700. The van der Waals surface area contributed by atoms with Crippen LogP contribution >= 0.6 is 0 Å². The number of hydrogen-bond acceptors (Lipinski definition) is 3. The summed E-state index contributed by atoms with van der Waals surface area (Å²) in [5, 5.41) is 2.93. The molecule has 0 radical (unpaired) electrons. The Morgan fingerprint density at radius 1 is 1.67 bits per heavy atom. The minimum Gasteiger partial charge on any atom is -0.307 e. The lowest BCUT2D eigenvalue weighted by Gasteiger charge is -2.00. The van der Waals surface area contributed by atoms with Gasteiger partial charge in [-0.3, -0.25) is 9.59 Å². The first-order valence-electron chi connectivity index (χ1n) is 3.07. The highest BCUT2D eigenvalue weighted by atomic mass is 16.2. The van der Waals surface area contributed by atoms with Crippen molar-refractivity contribution in [3.05, 3.63) is 0 Å². The fourth-order valence-corrected chi connectivity index (χ4v) is 1.01. The van der Waals surface area contributed by atoms with Crippen molar-refractivity contribution < 1.29 is 9.59 Å². The van der Waals surface area contributed by atoms with Crippen LogP contribution < -0.4 is 5.32 Å². The molecule has 9 heavy (non-hydrogen) atoms. The van der Waals surface area contributed by atoms with Crippen LogP contribution in [0.25, 0.3) is 0 Å². The molecular formula is C6H9NO2. The minimum atomic E-state index is -0.312. The number of aldehydes is 1. The Morgan fingerprint density at radius 2 is 2.44 bits per heavy atom. The van der Waals surface area contributed by atoms with E-state index in [1.165, 1.54) is 0 Å². The fourth-order valence-electron chi connectivity index (χ4n) is 1.01. The molecular weight excluding hydrogens is 118 g/mol. The van der Waals surface area contributed by atoms with E-state index in [0.29, 0.717) is 6.29 Å². The molecule has 0 aromatic heterocycles. The zero-order valence-electron chi connectivity index (χ0n) is 5.09. The number of carbonyl (C=O) groups is 2. The van der Waals surface area contributed by atoms with Crippen LogP contribution in [0.5, 0.6) is 0 Å². The summed E-state index contributed by atoms with van der Waals surface area (Å²) < 4.78 is 0. The van der Waals surface area contributed by atoms with Gasteiger partial charge >= 0.3 is 0 Å². The van der Waals surface area contributed by atoms with Crippen molar-refractivity contribution in [2.75, 3.05) is 6.54 Å². The summed E-state index contributed by atoms with van der Waals surface area (Å²) in [4.78, 5) is 20.5. The third-order valence-corrected chi connectivity index (χ3v) is 1.52. The maximum Gasteiger partial charge on any atom is 0.212 e. The Morgan fingerprint density at radius 3 is 2.89 bits per heavy atom. The third-order valence-electron chi connectivity index (χ3n) is 1.52. The van der Waals surface area contributed by atoms with Crippen LogP contribution in [0.1, 0.15) is 12.8 Å². The number of Topliss-reactive ketones (excluding diaryl/α,β-unsaturated/α-hetero) is 1. The van der Waals surface area contributed by atoms with E-state index < -0.39 is 0 Å². The summed E-state index contributed by atoms with van der Waals surface area (Å²) in [7, 11) is 0. The minimum absolute atomic E-state index is 0.178. The molecule has 1 aliphatic heterocycles. The van der Waals surface area contributed by atoms with Gasteiger partial charge in [0.1, 0.15) is 0 Å². The average Bonchev–Trinajstić information content (AvgIpc) is 2.37. The van der Waals surface area contributed by atoms with Crippen molar-refractivity contribution in [3.8, 4) is 0 Å². The fraction of sp³-hybridized carbons (Fsp3) is 0.667. The van der Waals surface area contributed by atoms with E-state index in [-0.39, 0.29) is 11.8 Å². The van der Waals surface area contributed by atoms with Gasteiger partial charge in [-0.05, 0) is 19.4 Å². The molecule has 3 nitrogen and oxygen atoms in total. The molecule has 1 N–H and O–H groups in total. The van der Waals surface area contributed by atoms with E-state index in [1.54, 1.807) is 0 Å². The monoisotopic (exact) mass is 127 g/mol. The number of ketones is 1. The summed E-state index contributed by atoms with van der Waals surface area (Å²) in [6, 6.07) is -0.178. The van der Waals surface area contributed by atoms with Crippen LogP contribution in [0.3, 0.4) is 0 Å². The van der Waals surface area contributed by atoms with Crippen molar-refractivity contribution in [1.82, 2.24) is 5.32 Å². The number of carbonyl (C=O) groups excluding carboxylic acids is 2. The van der Waals surface area contributed by atoms with Crippen molar-refractivity contribution in [1.29, 1.82) is 0 Å². The predicted octanol–water partition coefficient (Wildman–Crippen LogP) is -0.494. The highest BCUT2D eigenvalue weighted by Crippen LogP contribution is 2.03. The molecule has 1 saturated heterocycles. The van der Waals surface area contributed by atoms with Gasteiger partial charge in [-0.2, -0.15) is 0 Å². The van der Waals surface area contributed by atoms with E-state index >= 15 is 0 Å². The van der Waals surface area contributed by atoms with Gasteiger partial charge < -0.3 is 5.32 Å². The van der Waals surface area contributed by atoms with Crippen LogP contribution in [-0.2, 0) is 9.59 Å². The van der Waals surface area contributed by atoms with E-state index in [1.807, 2.05) is 0 Å². The van der Waals surface area contributed by atoms with Gasteiger partial charge in [-0.25, -0.2) is 0 Å². The van der Waals surface area contributed by atoms with Gasteiger partial charge in [0, 0.05) is 0 Å². The molecule has 0 bridgehead atoms. The van der Waals surface area contributed by atoms with Gasteiger partial charge in [-0.15, -0.1) is 0 Å². The van der Waals surface area contributed by atoms with Gasteiger partial charge in [0.2, 0.25) is 5.78 Å². The maximum absolute atomic E-state index is 10.6. The molecule has 1 atom stereocenters. The number of nitrogens with one attached hydrogen (secondary N) is 1. The SMILES string of the molecule is O=CC(=O)C1CCCN1. The van der Waals surface area contributed by atoms with Crippen molar-refractivity contribution >= 4 is 12.1 Å². The van der Waals surface area contributed by atoms with Crippen molar-refractivity contribution in [2.24, 2.45) is 0 Å². The largest absolute Gasteiger partial charge is 0.307 e. The molecule has 50 valence electrons. The molecule has 0 spiro atoms. The summed E-state index contributed by atoms with van der Waals surface area (Å²) in [5.74, 6) is -0.312. The molecule has 1 rings (SSSR count). The smallest absolute Gasteiger partial charge is 0.212 e. The van der Waals surface area contributed by atoms with E-state index in [2.05, 4.69) is 5.32 Å². The molecule has 0 saturated carbocycles. The quantitative estimate of drug-likeness (QED) is 0.402. The molecule has 1 aliphatic rings. The maximum atomic E-state index is 10.6. The van der Waals surface area contributed by atoms with E-state index in [9.17, 15) is 9.59 Å². The molecule has 1 unspecified atom stereocenters. The van der Waals surface area contributed by atoms with Crippen LogP contribution in [0, 0.1) is 0 Å². The van der Waals surface area contributed by atoms with Gasteiger partial charge in [-0.1, -0.05) is 0 Å². The predicted molar refractivity (Wildman–Crippen MR) is 32.1 cm³/mol. The van der Waals surface area contributed by atoms with E-state index in [0.717, 1.165) is 19.4 Å². The zero-order chi connectivity index (χ0) is 6.69.